The molecule has 0 saturated carbocycles. The zero-order valence-corrected chi connectivity index (χ0v) is 15.5. The van der Waals surface area contributed by atoms with Crippen LogP contribution in [0.3, 0.4) is 0 Å². The maximum absolute atomic E-state index is 11.9. The summed E-state index contributed by atoms with van der Waals surface area (Å²) in [6.07, 6.45) is 0. The first-order valence-electron chi connectivity index (χ1n) is 7.99. The lowest BCUT2D eigenvalue weighted by Crippen LogP contribution is -2.36. The van der Waals surface area contributed by atoms with Crippen molar-refractivity contribution in [1.82, 2.24) is 15.5 Å². The molecule has 0 bridgehead atoms. The van der Waals surface area contributed by atoms with Gasteiger partial charge in [0.25, 0.3) is 5.91 Å². The van der Waals surface area contributed by atoms with Gasteiger partial charge in [-0.2, -0.15) is 0 Å². The molecule has 6 heteroatoms. The second kappa shape index (κ2) is 9.08. The molecule has 1 amide bonds. The number of halogens is 1. The number of hydrogen-bond acceptors (Lipinski definition) is 2. The summed E-state index contributed by atoms with van der Waals surface area (Å²) in [7, 11) is 5.22. The van der Waals surface area contributed by atoms with Crippen molar-refractivity contribution in [2.75, 3.05) is 21.1 Å². The Morgan fingerprint density at radius 3 is 2.24 bits per heavy atom. The van der Waals surface area contributed by atoms with Gasteiger partial charge in [0, 0.05) is 44.8 Å². The summed E-state index contributed by atoms with van der Waals surface area (Å²) in [6.45, 7) is 1.25. The van der Waals surface area contributed by atoms with Crippen molar-refractivity contribution in [3.63, 3.8) is 0 Å². The van der Waals surface area contributed by atoms with E-state index >= 15 is 0 Å². The first-order chi connectivity index (χ1) is 12.0. The molecule has 0 radical (unpaired) electrons. The molecule has 0 aliphatic carbocycles. The first-order valence-corrected chi connectivity index (χ1v) is 8.37. The third-order valence-electron chi connectivity index (χ3n) is 3.64. The summed E-state index contributed by atoms with van der Waals surface area (Å²) < 4.78 is 0. The molecule has 25 heavy (non-hydrogen) atoms. The fourth-order valence-corrected chi connectivity index (χ4v) is 2.48. The number of carbonyl (C=O) groups is 1. The van der Waals surface area contributed by atoms with Crippen LogP contribution in [0.25, 0.3) is 0 Å². The highest BCUT2D eigenvalue weighted by atomic mass is 35.5. The molecular formula is C19H23ClN4O. The van der Waals surface area contributed by atoms with E-state index in [1.54, 1.807) is 26.0 Å². The minimum atomic E-state index is -0.00138. The zero-order chi connectivity index (χ0) is 18.2. The van der Waals surface area contributed by atoms with Crippen molar-refractivity contribution >= 4 is 23.5 Å². The van der Waals surface area contributed by atoms with Crippen molar-refractivity contribution < 1.29 is 4.79 Å². The van der Waals surface area contributed by atoms with Crippen LogP contribution in [-0.4, -0.2) is 37.9 Å². The zero-order valence-electron chi connectivity index (χ0n) is 14.7. The molecule has 5 nitrogen and oxygen atoms in total. The predicted octanol–water partition coefficient (Wildman–Crippen LogP) is 2.91. The molecule has 0 atom stereocenters. The third kappa shape index (κ3) is 5.80. The van der Waals surface area contributed by atoms with Crippen molar-refractivity contribution in [2.24, 2.45) is 4.99 Å². The normalized spacial score (nSPS) is 11.1. The number of nitrogens with one attached hydrogen (secondary N) is 2. The SMILES string of the molecule is CN=C(NCc1ccc(C(=O)N(C)C)cc1)NCc1cccc(Cl)c1. The van der Waals surface area contributed by atoms with E-state index in [1.807, 2.05) is 48.5 Å². The Balaban J connectivity index is 1.87. The van der Waals surface area contributed by atoms with Gasteiger partial charge in [0.1, 0.15) is 0 Å². The van der Waals surface area contributed by atoms with Crippen LogP contribution < -0.4 is 10.6 Å². The van der Waals surface area contributed by atoms with Gasteiger partial charge >= 0.3 is 0 Å². The smallest absolute Gasteiger partial charge is 0.253 e. The number of rotatable bonds is 5. The summed E-state index contributed by atoms with van der Waals surface area (Å²) in [6, 6.07) is 15.2. The lowest BCUT2D eigenvalue weighted by molar-refractivity contribution is 0.0827. The molecular weight excluding hydrogens is 336 g/mol. The molecule has 0 saturated heterocycles. The summed E-state index contributed by atoms with van der Waals surface area (Å²) in [4.78, 5) is 17.7. The van der Waals surface area contributed by atoms with Gasteiger partial charge in [-0.3, -0.25) is 9.79 Å². The van der Waals surface area contributed by atoms with Gasteiger partial charge in [0.2, 0.25) is 0 Å². The summed E-state index contributed by atoms with van der Waals surface area (Å²) in [5.41, 5.74) is 2.83. The number of hydrogen-bond donors (Lipinski definition) is 2. The Labute approximate surface area is 153 Å². The van der Waals surface area contributed by atoms with Crippen LogP contribution >= 0.6 is 11.6 Å². The minimum absolute atomic E-state index is 0.00138. The van der Waals surface area contributed by atoms with Crippen LogP contribution in [0.1, 0.15) is 21.5 Å². The predicted molar refractivity (Wildman–Crippen MR) is 103 cm³/mol. The van der Waals surface area contributed by atoms with Gasteiger partial charge in [-0.05, 0) is 35.4 Å². The van der Waals surface area contributed by atoms with Crippen molar-refractivity contribution in [3.8, 4) is 0 Å². The van der Waals surface area contributed by atoms with Crippen LogP contribution in [0.15, 0.2) is 53.5 Å². The van der Waals surface area contributed by atoms with Gasteiger partial charge in [-0.15, -0.1) is 0 Å². The van der Waals surface area contributed by atoms with E-state index in [9.17, 15) is 4.79 Å². The van der Waals surface area contributed by atoms with Crippen LogP contribution in [0.2, 0.25) is 5.02 Å². The Kier molecular flexibility index (Phi) is 6.83. The largest absolute Gasteiger partial charge is 0.352 e. The minimum Gasteiger partial charge on any atom is -0.352 e. The lowest BCUT2D eigenvalue weighted by Gasteiger charge is -2.13. The van der Waals surface area contributed by atoms with Crippen molar-refractivity contribution in [2.45, 2.75) is 13.1 Å². The van der Waals surface area contributed by atoms with E-state index in [-0.39, 0.29) is 5.91 Å². The van der Waals surface area contributed by atoms with E-state index < -0.39 is 0 Å². The quantitative estimate of drug-likeness (QED) is 0.638. The molecule has 2 aromatic carbocycles. The number of carbonyl (C=O) groups excluding carboxylic acids is 1. The Morgan fingerprint density at radius 1 is 1.04 bits per heavy atom. The first kappa shape index (κ1) is 18.8. The molecule has 132 valence electrons. The number of guanidine groups is 1. The second-order valence-electron chi connectivity index (χ2n) is 5.81. The summed E-state index contributed by atoms with van der Waals surface area (Å²) in [5.74, 6) is 0.701. The standard InChI is InChI=1S/C19H23ClN4O/c1-21-19(23-13-15-5-4-6-17(20)11-15)22-12-14-7-9-16(10-8-14)18(25)24(2)3/h4-11H,12-13H2,1-3H3,(H2,21,22,23). The van der Waals surface area contributed by atoms with E-state index in [1.165, 1.54) is 0 Å². The molecule has 0 unspecified atom stereocenters. The molecule has 0 aliphatic rings. The molecule has 2 rings (SSSR count). The molecule has 2 aromatic rings. The number of nitrogens with zero attached hydrogens (tertiary/aromatic N) is 2. The third-order valence-corrected chi connectivity index (χ3v) is 3.87. The van der Waals surface area contributed by atoms with Crippen molar-refractivity contribution in [3.05, 3.63) is 70.2 Å². The molecule has 0 aliphatic heterocycles. The highest BCUT2D eigenvalue weighted by Gasteiger charge is 2.07. The fraction of sp³-hybridized carbons (Fsp3) is 0.263. The summed E-state index contributed by atoms with van der Waals surface area (Å²) >= 11 is 5.99. The van der Waals surface area contributed by atoms with Gasteiger partial charge in [-0.1, -0.05) is 35.9 Å². The maximum atomic E-state index is 11.9. The average Bonchev–Trinajstić information content (AvgIpc) is 2.61. The van der Waals surface area contributed by atoms with Crippen LogP contribution in [0, 0.1) is 0 Å². The molecule has 2 N–H and O–H groups in total. The number of amides is 1. The molecule has 0 heterocycles. The van der Waals surface area contributed by atoms with Gasteiger partial charge < -0.3 is 15.5 Å². The van der Waals surface area contributed by atoms with Crippen molar-refractivity contribution in [1.29, 1.82) is 0 Å². The molecule has 0 fully saturated rings. The van der Waals surface area contributed by atoms with Gasteiger partial charge in [0.15, 0.2) is 5.96 Å². The van der Waals surface area contributed by atoms with E-state index in [2.05, 4.69) is 15.6 Å². The van der Waals surface area contributed by atoms with Gasteiger partial charge in [0.05, 0.1) is 0 Å². The Hall–Kier alpha value is -2.53. The average molecular weight is 359 g/mol. The second-order valence-corrected chi connectivity index (χ2v) is 6.24. The number of benzene rings is 2. The lowest BCUT2D eigenvalue weighted by atomic mass is 10.1. The topological polar surface area (TPSA) is 56.7 Å². The maximum Gasteiger partial charge on any atom is 0.253 e. The summed E-state index contributed by atoms with van der Waals surface area (Å²) in [5, 5.41) is 7.22. The van der Waals surface area contributed by atoms with E-state index in [4.69, 9.17) is 11.6 Å². The van der Waals surface area contributed by atoms with Crippen LogP contribution in [0.5, 0.6) is 0 Å². The fourth-order valence-electron chi connectivity index (χ4n) is 2.26. The Bertz CT molecular complexity index is 741. The number of aliphatic imine (C=N–C) groups is 1. The molecule has 0 aromatic heterocycles. The van der Waals surface area contributed by atoms with Crippen LogP contribution in [0.4, 0.5) is 0 Å². The van der Waals surface area contributed by atoms with E-state index in [0.29, 0.717) is 24.6 Å². The Morgan fingerprint density at radius 2 is 1.68 bits per heavy atom. The van der Waals surface area contributed by atoms with Gasteiger partial charge in [-0.25, -0.2) is 0 Å². The highest BCUT2D eigenvalue weighted by molar-refractivity contribution is 6.30. The van der Waals surface area contributed by atoms with Crippen LogP contribution in [-0.2, 0) is 13.1 Å². The monoisotopic (exact) mass is 358 g/mol. The van der Waals surface area contributed by atoms with E-state index in [0.717, 1.165) is 16.1 Å². The molecule has 0 spiro atoms. The highest BCUT2D eigenvalue weighted by Crippen LogP contribution is 2.10.